The largest absolute Gasteiger partial charge is 0.310 e. The van der Waals surface area contributed by atoms with Crippen LogP contribution in [0.5, 0.6) is 0 Å². The summed E-state index contributed by atoms with van der Waals surface area (Å²) in [6.45, 7) is 9.53. The Bertz CT molecular complexity index is 4440. The van der Waals surface area contributed by atoms with Gasteiger partial charge >= 0.3 is 0 Å². The Morgan fingerprint density at radius 2 is 0.701 bits per heavy atom. The van der Waals surface area contributed by atoms with E-state index < -0.39 is 0 Å². The van der Waals surface area contributed by atoms with Crippen molar-refractivity contribution in [3.8, 4) is 66.8 Å². The molecular formula is C76H55N. The molecule has 13 aromatic carbocycles. The molecule has 0 atom stereocenters. The molecule has 15 rings (SSSR count). The van der Waals surface area contributed by atoms with Crippen LogP contribution in [0.3, 0.4) is 0 Å². The van der Waals surface area contributed by atoms with Crippen molar-refractivity contribution in [2.24, 2.45) is 0 Å². The van der Waals surface area contributed by atoms with Gasteiger partial charge in [-0.15, -0.1) is 0 Å². The number of fused-ring (bicyclic) bond motifs is 13. The quantitative estimate of drug-likeness (QED) is 0.144. The summed E-state index contributed by atoms with van der Waals surface area (Å²) in [6, 6.07) is 97.9. The highest BCUT2D eigenvalue weighted by Crippen LogP contribution is 2.55. The van der Waals surface area contributed by atoms with E-state index in [4.69, 9.17) is 0 Å². The first-order chi connectivity index (χ1) is 37.7. The summed E-state index contributed by atoms with van der Waals surface area (Å²) in [7, 11) is 0. The van der Waals surface area contributed by atoms with Gasteiger partial charge in [0.15, 0.2) is 0 Å². The number of benzene rings is 13. The van der Waals surface area contributed by atoms with Crippen LogP contribution in [0.4, 0.5) is 17.1 Å². The molecule has 0 saturated carbocycles. The van der Waals surface area contributed by atoms with Crippen molar-refractivity contribution in [1.29, 1.82) is 0 Å². The molecule has 2 aliphatic rings. The molecule has 0 bridgehead atoms. The maximum absolute atomic E-state index is 2.53. The molecule has 1 nitrogen and oxygen atoms in total. The van der Waals surface area contributed by atoms with Crippen LogP contribution in [0.2, 0.25) is 0 Å². The first-order valence-electron chi connectivity index (χ1n) is 27.2. The topological polar surface area (TPSA) is 3.24 Å². The van der Waals surface area contributed by atoms with Crippen LogP contribution in [-0.2, 0) is 10.8 Å². The van der Waals surface area contributed by atoms with Crippen molar-refractivity contribution in [3.05, 3.63) is 283 Å². The predicted octanol–water partition coefficient (Wildman–Crippen LogP) is 21.0. The molecule has 0 amide bonds. The highest BCUT2D eigenvalue weighted by atomic mass is 15.1. The van der Waals surface area contributed by atoms with Gasteiger partial charge in [0.05, 0.1) is 5.69 Å². The highest BCUT2D eigenvalue weighted by Gasteiger charge is 2.38. The summed E-state index contributed by atoms with van der Waals surface area (Å²) in [5.41, 5.74) is 23.6. The van der Waals surface area contributed by atoms with Gasteiger partial charge in [-0.1, -0.05) is 246 Å². The molecule has 0 aromatic heterocycles. The lowest BCUT2D eigenvalue weighted by atomic mass is 9.81. The van der Waals surface area contributed by atoms with Crippen LogP contribution < -0.4 is 4.90 Å². The van der Waals surface area contributed by atoms with E-state index in [1.165, 1.54) is 132 Å². The number of hydrogen-bond acceptors (Lipinski definition) is 1. The second-order valence-corrected chi connectivity index (χ2v) is 22.3. The van der Waals surface area contributed by atoms with Gasteiger partial charge in [-0.25, -0.2) is 0 Å². The number of rotatable bonds is 7. The van der Waals surface area contributed by atoms with E-state index in [1.54, 1.807) is 0 Å². The monoisotopic (exact) mass is 981 g/mol. The Balaban J connectivity index is 0.970. The molecule has 13 aromatic rings. The Hall–Kier alpha value is -9.30. The number of nitrogens with zero attached hydrogens (tertiary/aromatic N) is 1. The third kappa shape index (κ3) is 6.80. The standard InChI is InChI=1S/C76H55N/c1-75(2)67-34-20-18-30-57(67)59-40-37-52(45-69(59)75)77(53-38-41-60-58-31-19-21-35-68(58)76(3,4)70(60)46-53)71-43-42-54(55-28-14-16-32-61(55)71)51-36-39-63-66(44-51)56-29-15-17-33-62(56)73-65(49-24-10-6-11-25-49)47-64(48-22-8-5-9-23-48)72(74(63)73)50-26-12-7-13-27-50/h5-47H,1-4H3. The van der Waals surface area contributed by atoms with E-state index in [2.05, 4.69) is 293 Å². The van der Waals surface area contributed by atoms with Crippen LogP contribution in [0.25, 0.3) is 110 Å². The molecular weight excluding hydrogens is 927 g/mol. The minimum atomic E-state index is -0.152. The minimum Gasteiger partial charge on any atom is -0.310 e. The van der Waals surface area contributed by atoms with Crippen molar-refractivity contribution >= 4 is 60.2 Å². The van der Waals surface area contributed by atoms with Gasteiger partial charge in [-0.2, -0.15) is 0 Å². The lowest BCUT2D eigenvalue weighted by Gasteiger charge is -2.31. The van der Waals surface area contributed by atoms with Crippen LogP contribution in [0.1, 0.15) is 49.9 Å². The highest BCUT2D eigenvalue weighted by molar-refractivity contribution is 6.33. The summed E-state index contributed by atoms with van der Waals surface area (Å²) in [5.74, 6) is 0. The lowest BCUT2D eigenvalue weighted by Crippen LogP contribution is -2.18. The van der Waals surface area contributed by atoms with Crippen molar-refractivity contribution in [2.45, 2.75) is 38.5 Å². The summed E-state index contributed by atoms with van der Waals surface area (Å²) >= 11 is 0. The Morgan fingerprint density at radius 3 is 1.30 bits per heavy atom. The number of anilines is 3. The third-order valence-electron chi connectivity index (χ3n) is 17.4. The fourth-order valence-corrected chi connectivity index (χ4v) is 13.7. The molecule has 0 unspecified atom stereocenters. The van der Waals surface area contributed by atoms with Gasteiger partial charge in [-0.3, -0.25) is 0 Å². The molecule has 364 valence electrons. The first kappa shape index (κ1) is 45.1. The lowest BCUT2D eigenvalue weighted by molar-refractivity contribution is 0.660. The minimum absolute atomic E-state index is 0.152. The van der Waals surface area contributed by atoms with Crippen LogP contribution in [-0.4, -0.2) is 0 Å². The second-order valence-electron chi connectivity index (χ2n) is 22.3. The van der Waals surface area contributed by atoms with E-state index >= 15 is 0 Å². The molecule has 0 aliphatic heterocycles. The molecule has 2 aliphatic carbocycles. The molecule has 0 heterocycles. The first-order valence-corrected chi connectivity index (χ1v) is 27.2. The van der Waals surface area contributed by atoms with E-state index in [9.17, 15) is 0 Å². The zero-order valence-electron chi connectivity index (χ0n) is 43.8. The second kappa shape index (κ2) is 17.1. The summed E-state index contributed by atoms with van der Waals surface area (Å²) < 4.78 is 0. The maximum atomic E-state index is 2.53. The van der Waals surface area contributed by atoms with E-state index in [1.807, 2.05) is 0 Å². The van der Waals surface area contributed by atoms with Crippen molar-refractivity contribution in [2.75, 3.05) is 4.90 Å². The van der Waals surface area contributed by atoms with Gasteiger partial charge in [0.2, 0.25) is 0 Å². The van der Waals surface area contributed by atoms with Crippen molar-refractivity contribution in [1.82, 2.24) is 0 Å². The molecule has 0 spiro atoms. The maximum Gasteiger partial charge on any atom is 0.0540 e. The molecule has 77 heavy (non-hydrogen) atoms. The van der Waals surface area contributed by atoms with Gasteiger partial charge < -0.3 is 4.90 Å². The van der Waals surface area contributed by atoms with E-state index in [0.717, 1.165) is 17.1 Å². The molecule has 0 saturated heterocycles. The molecule has 0 N–H and O–H groups in total. The van der Waals surface area contributed by atoms with Crippen molar-refractivity contribution in [3.63, 3.8) is 0 Å². The van der Waals surface area contributed by atoms with Crippen molar-refractivity contribution < 1.29 is 0 Å². The molecule has 1 heteroatoms. The van der Waals surface area contributed by atoms with Gasteiger partial charge in [0.25, 0.3) is 0 Å². The fraction of sp³-hybridized carbons (Fsp3) is 0.0789. The van der Waals surface area contributed by atoms with Crippen LogP contribution >= 0.6 is 0 Å². The van der Waals surface area contributed by atoms with Crippen LogP contribution in [0.15, 0.2) is 261 Å². The zero-order valence-corrected chi connectivity index (χ0v) is 43.8. The SMILES string of the molecule is CC1(C)c2ccccc2-c2ccc(N(c3ccc4c(c3)C(C)(C)c3ccccc3-4)c3ccc(-c4ccc5c(c4)c4ccccc4c4c(-c6ccccc6)cc(-c6ccccc6)c(-c6ccccc6)c54)c4ccccc34)cc21. The molecule has 0 fully saturated rings. The van der Waals surface area contributed by atoms with E-state index in [-0.39, 0.29) is 10.8 Å². The van der Waals surface area contributed by atoms with Crippen LogP contribution in [0, 0.1) is 0 Å². The molecule has 0 radical (unpaired) electrons. The Kier molecular flexibility index (Phi) is 10.0. The fourth-order valence-electron chi connectivity index (χ4n) is 13.7. The average Bonchev–Trinajstić information content (AvgIpc) is 3.86. The van der Waals surface area contributed by atoms with Gasteiger partial charge in [-0.05, 0) is 169 Å². The summed E-state index contributed by atoms with van der Waals surface area (Å²) in [5, 5.41) is 9.94. The van der Waals surface area contributed by atoms with Gasteiger partial charge in [0.1, 0.15) is 0 Å². The van der Waals surface area contributed by atoms with E-state index in [0.29, 0.717) is 0 Å². The Morgan fingerprint density at radius 1 is 0.247 bits per heavy atom. The predicted molar refractivity (Wildman–Crippen MR) is 328 cm³/mol. The Labute approximate surface area is 451 Å². The summed E-state index contributed by atoms with van der Waals surface area (Å²) in [4.78, 5) is 2.53. The smallest absolute Gasteiger partial charge is 0.0540 e. The number of hydrogen-bond donors (Lipinski definition) is 0. The van der Waals surface area contributed by atoms with Gasteiger partial charge in [0, 0.05) is 27.6 Å². The summed E-state index contributed by atoms with van der Waals surface area (Å²) in [6.07, 6.45) is 0. The zero-order chi connectivity index (χ0) is 51.6. The average molecular weight is 982 g/mol. The normalized spacial score (nSPS) is 13.7. The third-order valence-corrected chi connectivity index (χ3v) is 17.4.